The van der Waals surface area contributed by atoms with Gasteiger partial charge in [0.25, 0.3) is 0 Å². The normalized spacial score (nSPS) is 22.9. The van der Waals surface area contributed by atoms with E-state index in [-0.39, 0.29) is 5.60 Å². The van der Waals surface area contributed by atoms with Crippen LogP contribution in [0.1, 0.15) is 48.2 Å². The van der Waals surface area contributed by atoms with Crippen LogP contribution in [0.3, 0.4) is 0 Å². The number of hydrogen-bond acceptors (Lipinski definition) is 4. The molecule has 1 spiro atoms. The van der Waals surface area contributed by atoms with Crippen molar-refractivity contribution in [1.82, 2.24) is 4.90 Å². The van der Waals surface area contributed by atoms with Crippen molar-refractivity contribution in [3.05, 3.63) is 64.2 Å². The van der Waals surface area contributed by atoms with E-state index in [1.54, 1.807) is 0 Å². The van der Waals surface area contributed by atoms with Crippen LogP contribution in [-0.4, -0.2) is 40.3 Å². The summed E-state index contributed by atoms with van der Waals surface area (Å²) in [5, 5.41) is 21.8. The van der Waals surface area contributed by atoms with Crippen LogP contribution in [0.4, 0.5) is 0 Å². The van der Waals surface area contributed by atoms with Crippen molar-refractivity contribution in [1.29, 1.82) is 0 Å². The molecule has 2 atom stereocenters. The first kappa shape index (κ1) is 18.8. The Balaban J connectivity index is 1.42. The minimum atomic E-state index is -0.548. The van der Waals surface area contributed by atoms with E-state index >= 15 is 0 Å². The van der Waals surface area contributed by atoms with Gasteiger partial charge in [-0.15, -0.1) is 0 Å². The molecule has 2 aliphatic rings. The Hall–Kier alpha value is -1.59. The fraction of sp³-hybridized carbons (Fsp3) is 0.455. The lowest BCUT2D eigenvalue weighted by Gasteiger charge is -2.46. The van der Waals surface area contributed by atoms with Gasteiger partial charge >= 0.3 is 0 Å². The van der Waals surface area contributed by atoms with Crippen molar-refractivity contribution >= 4 is 11.6 Å². The van der Waals surface area contributed by atoms with E-state index in [9.17, 15) is 10.2 Å². The number of benzene rings is 2. The summed E-state index contributed by atoms with van der Waals surface area (Å²) in [5.41, 5.74) is 2.37. The van der Waals surface area contributed by atoms with Gasteiger partial charge in [-0.1, -0.05) is 41.9 Å². The SMILES string of the molecule is Cc1cc2c(cc1Cl)[C@@H](O)CC1(CCN(C[C@@H](O)c3ccccc3)CC1)O2. The fourth-order valence-electron chi connectivity index (χ4n) is 4.23. The molecular formula is C22H26ClNO3. The minimum absolute atomic E-state index is 0.332. The number of nitrogens with zero attached hydrogens (tertiary/aromatic N) is 1. The first-order valence-electron chi connectivity index (χ1n) is 9.58. The number of halogens is 1. The molecule has 0 aromatic heterocycles. The molecule has 5 heteroatoms. The fourth-order valence-corrected chi connectivity index (χ4v) is 4.40. The van der Waals surface area contributed by atoms with Crippen molar-refractivity contribution in [2.45, 2.75) is 44.0 Å². The lowest BCUT2D eigenvalue weighted by atomic mass is 9.81. The molecule has 27 heavy (non-hydrogen) atoms. The molecule has 0 unspecified atom stereocenters. The monoisotopic (exact) mass is 387 g/mol. The number of piperidine rings is 1. The Morgan fingerprint density at radius 3 is 2.63 bits per heavy atom. The summed E-state index contributed by atoms with van der Waals surface area (Å²) >= 11 is 6.21. The third-order valence-electron chi connectivity index (χ3n) is 5.92. The quantitative estimate of drug-likeness (QED) is 0.834. The Kier molecular flexibility index (Phi) is 5.17. The second-order valence-corrected chi connectivity index (χ2v) is 8.28. The predicted molar refractivity (Wildman–Crippen MR) is 106 cm³/mol. The van der Waals surface area contributed by atoms with E-state index in [4.69, 9.17) is 16.3 Å². The number of aliphatic hydroxyl groups is 2. The van der Waals surface area contributed by atoms with Gasteiger partial charge < -0.3 is 19.8 Å². The first-order valence-corrected chi connectivity index (χ1v) is 9.96. The highest BCUT2D eigenvalue weighted by Gasteiger charge is 2.43. The van der Waals surface area contributed by atoms with Crippen LogP contribution in [-0.2, 0) is 0 Å². The molecular weight excluding hydrogens is 362 g/mol. The largest absolute Gasteiger partial charge is 0.487 e. The molecule has 0 bridgehead atoms. The van der Waals surface area contributed by atoms with E-state index in [1.807, 2.05) is 49.4 Å². The van der Waals surface area contributed by atoms with Crippen LogP contribution >= 0.6 is 11.6 Å². The highest BCUT2D eigenvalue weighted by molar-refractivity contribution is 6.31. The van der Waals surface area contributed by atoms with Crippen LogP contribution in [0.5, 0.6) is 5.75 Å². The number of ether oxygens (including phenoxy) is 1. The van der Waals surface area contributed by atoms with E-state index in [1.165, 1.54) is 0 Å². The summed E-state index contributed by atoms with van der Waals surface area (Å²) in [7, 11) is 0. The van der Waals surface area contributed by atoms with Crippen molar-refractivity contribution in [2.24, 2.45) is 0 Å². The van der Waals surface area contributed by atoms with E-state index in [2.05, 4.69) is 4.90 Å². The molecule has 0 aliphatic carbocycles. The Labute approximate surface area is 165 Å². The van der Waals surface area contributed by atoms with Crippen LogP contribution in [0.2, 0.25) is 5.02 Å². The van der Waals surface area contributed by atoms with Gasteiger partial charge in [0, 0.05) is 36.6 Å². The molecule has 2 N–H and O–H groups in total. The number of aliphatic hydroxyl groups excluding tert-OH is 2. The summed E-state index contributed by atoms with van der Waals surface area (Å²) in [6.07, 6.45) is 1.24. The molecule has 2 aliphatic heterocycles. The number of rotatable bonds is 3. The maximum absolute atomic E-state index is 10.7. The zero-order valence-corrected chi connectivity index (χ0v) is 16.3. The molecule has 4 rings (SSSR count). The molecule has 2 aromatic rings. The molecule has 1 saturated heterocycles. The third-order valence-corrected chi connectivity index (χ3v) is 6.33. The summed E-state index contributed by atoms with van der Waals surface area (Å²) in [5.74, 6) is 0.758. The van der Waals surface area contributed by atoms with Gasteiger partial charge in [-0.25, -0.2) is 0 Å². The van der Waals surface area contributed by atoms with Crippen molar-refractivity contribution < 1.29 is 14.9 Å². The summed E-state index contributed by atoms with van der Waals surface area (Å²) in [6.45, 7) is 4.26. The Morgan fingerprint density at radius 1 is 1.22 bits per heavy atom. The number of β-amino-alcohol motifs (C(OH)–C–C–N with tert-alkyl or cyclic N) is 1. The average Bonchev–Trinajstić information content (AvgIpc) is 2.66. The standard InChI is InChI=1S/C22H26ClNO3/c1-15-11-21-17(12-18(15)23)19(25)13-22(27-21)7-9-24(10-8-22)14-20(26)16-5-3-2-4-6-16/h2-6,11-12,19-20,25-26H,7-10,13-14H2,1H3/t19-,20+/m0/s1. The number of aryl methyl sites for hydroxylation is 1. The van der Waals surface area contributed by atoms with Gasteiger partial charge in [-0.3, -0.25) is 0 Å². The van der Waals surface area contributed by atoms with Crippen molar-refractivity contribution in [3.63, 3.8) is 0 Å². The number of hydrogen-bond donors (Lipinski definition) is 2. The molecule has 2 heterocycles. The summed E-state index contributed by atoms with van der Waals surface area (Å²) < 4.78 is 6.40. The second kappa shape index (κ2) is 7.44. The average molecular weight is 388 g/mol. The van der Waals surface area contributed by atoms with Gasteiger partial charge in [0.1, 0.15) is 11.4 Å². The smallest absolute Gasteiger partial charge is 0.126 e. The highest BCUT2D eigenvalue weighted by atomic mass is 35.5. The summed E-state index contributed by atoms with van der Waals surface area (Å²) in [6, 6.07) is 13.5. The van der Waals surface area contributed by atoms with E-state index < -0.39 is 12.2 Å². The molecule has 2 aromatic carbocycles. The lowest BCUT2D eigenvalue weighted by molar-refractivity contribution is -0.0588. The zero-order chi connectivity index (χ0) is 19.0. The van der Waals surface area contributed by atoms with Crippen LogP contribution in [0.25, 0.3) is 0 Å². The van der Waals surface area contributed by atoms with Gasteiger partial charge in [-0.2, -0.15) is 0 Å². The number of fused-ring (bicyclic) bond motifs is 1. The third kappa shape index (κ3) is 3.85. The highest BCUT2D eigenvalue weighted by Crippen LogP contribution is 2.45. The first-order chi connectivity index (χ1) is 13.0. The van der Waals surface area contributed by atoms with Gasteiger partial charge in [0.05, 0.1) is 12.2 Å². The molecule has 0 radical (unpaired) electrons. The maximum atomic E-state index is 10.7. The van der Waals surface area contributed by atoms with Crippen molar-refractivity contribution in [3.8, 4) is 5.75 Å². The molecule has 144 valence electrons. The summed E-state index contributed by atoms with van der Waals surface area (Å²) in [4.78, 5) is 2.28. The minimum Gasteiger partial charge on any atom is -0.487 e. The topological polar surface area (TPSA) is 52.9 Å². The van der Waals surface area contributed by atoms with E-state index in [0.29, 0.717) is 18.0 Å². The number of likely N-dealkylation sites (tertiary alicyclic amines) is 1. The van der Waals surface area contributed by atoms with Crippen LogP contribution < -0.4 is 4.74 Å². The maximum Gasteiger partial charge on any atom is 0.126 e. The van der Waals surface area contributed by atoms with Crippen molar-refractivity contribution in [2.75, 3.05) is 19.6 Å². The molecule has 0 saturated carbocycles. The van der Waals surface area contributed by atoms with Gasteiger partial charge in [0.2, 0.25) is 0 Å². The van der Waals surface area contributed by atoms with Gasteiger partial charge in [0.15, 0.2) is 0 Å². The second-order valence-electron chi connectivity index (χ2n) is 7.87. The molecule has 4 nitrogen and oxygen atoms in total. The lowest BCUT2D eigenvalue weighted by Crippen LogP contribution is -2.51. The Bertz CT molecular complexity index is 803. The van der Waals surface area contributed by atoms with Crippen LogP contribution in [0.15, 0.2) is 42.5 Å². The Morgan fingerprint density at radius 2 is 1.93 bits per heavy atom. The van der Waals surface area contributed by atoms with E-state index in [0.717, 1.165) is 48.4 Å². The molecule has 1 fully saturated rings. The predicted octanol–water partition coefficient (Wildman–Crippen LogP) is 4.03. The van der Waals surface area contributed by atoms with Gasteiger partial charge in [-0.05, 0) is 43.0 Å². The molecule has 0 amide bonds. The zero-order valence-electron chi connectivity index (χ0n) is 15.6. The van der Waals surface area contributed by atoms with Crippen LogP contribution in [0, 0.1) is 6.92 Å².